The van der Waals surface area contributed by atoms with Gasteiger partial charge in [-0.1, -0.05) is 36.4 Å². The minimum absolute atomic E-state index is 0.0256. The van der Waals surface area contributed by atoms with Gasteiger partial charge in [0, 0.05) is 30.4 Å². The second-order valence-corrected chi connectivity index (χ2v) is 9.79. The third kappa shape index (κ3) is 4.06. The van der Waals surface area contributed by atoms with Gasteiger partial charge >= 0.3 is 0 Å². The number of hydrogen-bond donors (Lipinski definition) is 3. The van der Waals surface area contributed by atoms with Gasteiger partial charge in [0.2, 0.25) is 0 Å². The molecule has 0 spiro atoms. The molecule has 9 nitrogen and oxygen atoms in total. The molecule has 1 amide bonds. The van der Waals surface area contributed by atoms with Crippen molar-refractivity contribution >= 4 is 39.2 Å². The molecular formula is C29H28N6O3. The lowest BCUT2D eigenvalue weighted by Gasteiger charge is -2.46. The number of anilines is 2. The number of likely N-dealkylation sites (N-methyl/N-ethyl adjacent to an activating group) is 1. The number of pyridine rings is 1. The summed E-state index contributed by atoms with van der Waals surface area (Å²) >= 11 is 0. The lowest BCUT2D eigenvalue weighted by Crippen LogP contribution is -2.60. The van der Waals surface area contributed by atoms with E-state index < -0.39 is 5.72 Å². The summed E-state index contributed by atoms with van der Waals surface area (Å²) in [5.41, 5.74) is 9.84. The zero-order valence-corrected chi connectivity index (χ0v) is 21.2. The van der Waals surface area contributed by atoms with Crippen LogP contribution in [0.2, 0.25) is 0 Å². The predicted molar refractivity (Wildman–Crippen MR) is 149 cm³/mol. The summed E-state index contributed by atoms with van der Waals surface area (Å²) in [4.78, 5) is 40.6. The number of nitrogens with one attached hydrogen (secondary N) is 2. The van der Waals surface area contributed by atoms with E-state index in [2.05, 4.69) is 15.0 Å². The van der Waals surface area contributed by atoms with Crippen LogP contribution in [0.25, 0.3) is 33.3 Å². The molecule has 1 aliphatic heterocycles. The van der Waals surface area contributed by atoms with E-state index in [9.17, 15) is 9.59 Å². The van der Waals surface area contributed by atoms with E-state index in [1.165, 1.54) is 0 Å². The molecule has 9 heteroatoms. The van der Waals surface area contributed by atoms with E-state index in [1.54, 1.807) is 0 Å². The van der Waals surface area contributed by atoms with Crippen molar-refractivity contribution in [2.24, 2.45) is 0 Å². The number of hydrogen-bond acceptors (Lipinski definition) is 6. The van der Waals surface area contributed by atoms with Crippen molar-refractivity contribution in [3.8, 4) is 11.4 Å². The van der Waals surface area contributed by atoms with Crippen LogP contribution in [0.3, 0.4) is 0 Å². The van der Waals surface area contributed by atoms with E-state index in [1.807, 2.05) is 96.6 Å². The number of amides is 1. The first-order valence-corrected chi connectivity index (χ1v) is 12.5. The molecule has 6 rings (SSSR count). The van der Waals surface area contributed by atoms with Crippen LogP contribution in [0.15, 0.2) is 77.6 Å². The number of aromatic nitrogens is 3. The number of carbonyl (C=O) groups is 1. The zero-order chi connectivity index (χ0) is 26.4. The number of rotatable bonds is 4. The number of carbonyl (C=O) groups excluding carboxylic acids is 1. The lowest BCUT2D eigenvalue weighted by atomic mass is 10.1. The van der Waals surface area contributed by atoms with Gasteiger partial charge in [-0.25, -0.2) is 4.98 Å². The quantitative estimate of drug-likeness (QED) is 0.316. The number of para-hydroxylation sites is 1. The summed E-state index contributed by atoms with van der Waals surface area (Å²) in [5, 5.41) is 0.910. The van der Waals surface area contributed by atoms with Crippen LogP contribution in [-0.2, 0) is 4.74 Å². The molecule has 4 N–H and O–H groups in total. The average molecular weight is 509 g/mol. The molecule has 2 aromatic heterocycles. The minimum atomic E-state index is -0.777. The molecule has 192 valence electrons. The molecule has 0 bridgehead atoms. The average Bonchev–Trinajstić information content (AvgIpc) is 3.37. The van der Waals surface area contributed by atoms with Crippen LogP contribution in [0, 0.1) is 0 Å². The molecule has 0 saturated carbocycles. The van der Waals surface area contributed by atoms with Crippen LogP contribution in [0.5, 0.6) is 0 Å². The van der Waals surface area contributed by atoms with Crippen molar-refractivity contribution in [2.45, 2.75) is 12.6 Å². The van der Waals surface area contributed by atoms with Crippen molar-refractivity contribution < 1.29 is 9.53 Å². The van der Waals surface area contributed by atoms with Gasteiger partial charge in [0.15, 0.2) is 5.72 Å². The highest BCUT2D eigenvalue weighted by Crippen LogP contribution is 2.33. The Morgan fingerprint density at radius 3 is 2.63 bits per heavy atom. The van der Waals surface area contributed by atoms with Crippen LogP contribution in [0.4, 0.5) is 11.4 Å². The molecule has 1 atom stereocenters. The molecule has 1 aliphatic rings. The molecular weight excluding hydrogens is 480 g/mol. The standard InChI is InChI=1S/C29H28N6O3/c1-29(17-35(12-13-38-29)28(37)18-8-4-3-5-9-18)34(2)20-15-22(30)25-24(16-20)31-26(33-25)21-14-19-10-6-7-11-23(19)32-27(21)36/h3-11,14-16H,12-13,17,30H2,1-2H3,(H,31,33)(H,32,36). The second kappa shape index (κ2) is 9.04. The molecule has 1 saturated heterocycles. The Morgan fingerprint density at radius 1 is 1.05 bits per heavy atom. The monoisotopic (exact) mass is 508 g/mol. The summed E-state index contributed by atoms with van der Waals surface area (Å²) in [7, 11) is 1.92. The van der Waals surface area contributed by atoms with E-state index in [0.29, 0.717) is 53.4 Å². The van der Waals surface area contributed by atoms with Crippen LogP contribution >= 0.6 is 0 Å². The summed E-state index contributed by atoms with van der Waals surface area (Å²) in [6.45, 7) is 3.28. The molecule has 38 heavy (non-hydrogen) atoms. The fourth-order valence-electron chi connectivity index (χ4n) is 5.04. The normalized spacial score (nSPS) is 17.7. The maximum atomic E-state index is 13.1. The third-order valence-electron chi connectivity index (χ3n) is 7.27. The summed E-state index contributed by atoms with van der Waals surface area (Å²) < 4.78 is 6.20. The van der Waals surface area contributed by atoms with Crippen LogP contribution < -0.4 is 16.2 Å². The summed E-state index contributed by atoms with van der Waals surface area (Å²) in [6, 6.07) is 22.5. The highest BCUT2D eigenvalue weighted by Gasteiger charge is 2.38. The number of fused-ring (bicyclic) bond motifs is 2. The third-order valence-corrected chi connectivity index (χ3v) is 7.27. The molecule has 5 aromatic rings. The predicted octanol–water partition coefficient (Wildman–Crippen LogP) is 3.98. The van der Waals surface area contributed by atoms with Gasteiger partial charge in [-0.15, -0.1) is 0 Å². The number of ether oxygens (including phenoxy) is 1. The smallest absolute Gasteiger partial charge is 0.259 e. The fraction of sp³-hybridized carbons (Fsp3) is 0.207. The molecule has 3 heterocycles. The van der Waals surface area contributed by atoms with Gasteiger partial charge in [0.25, 0.3) is 11.5 Å². The topological polar surface area (TPSA) is 120 Å². The zero-order valence-electron chi connectivity index (χ0n) is 21.2. The second-order valence-electron chi connectivity index (χ2n) is 9.79. The van der Waals surface area contributed by atoms with E-state index in [4.69, 9.17) is 10.5 Å². The number of morpholine rings is 1. The van der Waals surface area contributed by atoms with E-state index in [0.717, 1.165) is 16.6 Å². The number of nitrogens with two attached hydrogens (primary N) is 1. The Kier molecular flexibility index (Phi) is 5.65. The number of imidazole rings is 1. The molecule has 0 radical (unpaired) electrons. The number of nitrogen functional groups attached to an aromatic ring is 1. The van der Waals surface area contributed by atoms with Gasteiger partial charge in [-0.05, 0) is 48.7 Å². The van der Waals surface area contributed by atoms with Crippen LogP contribution in [-0.4, -0.2) is 58.2 Å². The van der Waals surface area contributed by atoms with Gasteiger partial charge in [0.05, 0.1) is 29.9 Å². The molecule has 1 fully saturated rings. The Hall–Kier alpha value is -4.63. The van der Waals surface area contributed by atoms with Crippen molar-refractivity contribution in [2.75, 3.05) is 37.4 Å². The Balaban J connectivity index is 1.32. The van der Waals surface area contributed by atoms with Gasteiger partial charge < -0.3 is 30.2 Å². The first-order valence-electron chi connectivity index (χ1n) is 12.5. The minimum Gasteiger partial charge on any atom is -0.397 e. The largest absolute Gasteiger partial charge is 0.397 e. The number of aromatic amines is 2. The van der Waals surface area contributed by atoms with Crippen LogP contribution in [0.1, 0.15) is 17.3 Å². The fourth-order valence-corrected chi connectivity index (χ4v) is 5.04. The number of H-pyrrole nitrogens is 2. The van der Waals surface area contributed by atoms with Gasteiger partial charge in [0.1, 0.15) is 11.3 Å². The maximum Gasteiger partial charge on any atom is 0.259 e. The van der Waals surface area contributed by atoms with Crippen molar-refractivity contribution in [3.05, 3.63) is 88.7 Å². The SMILES string of the molecule is CN(c1cc(N)c2nc(-c3cc4ccccc4[nH]c3=O)[nH]c2c1)C1(C)CN(C(=O)c2ccccc2)CCO1. The first-order chi connectivity index (χ1) is 18.3. The van der Waals surface area contributed by atoms with Crippen molar-refractivity contribution in [1.82, 2.24) is 19.9 Å². The molecule has 3 aromatic carbocycles. The van der Waals surface area contributed by atoms with Crippen molar-refractivity contribution in [3.63, 3.8) is 0 Å². The lowest BCUT2D eigenvalue weighted by molar-refractivity contribution is -0.0864. The van der Waals surface area contributed by atoms with E-state index in [-0.39, 0.29) is 11.5 Å². The van der Waals surface area contributed by atoms with Crippen molar-refractivity contribution in [1.29, 1.82) is 0 Å². The Bertz CT molecular complexity index is 1730. The number of benzene rings is 3. The highest BCUT2D eigenvalue weighted by molar-refractivity contribution is 5.95. The van der Waals surface area contributed by atoms with E-state index >= 15 is 0 Å². The Morgan fingerprint density at radius 2 is 1.82 bits per heavy atom. The van der Waals surface area contributed by atoms with Gasteiger partial charge in [-0.2, -0.15) is 0 Å². The summed E-state index contributed by atoms with van der Waals surface area (Å²) in [5.74, 6) is 0.417. The molecule has 0 aliphatic carbocycles. The van der Waals surface area contributed by atoms with Gasteiger partial charge in [-0.3, -0.25) is 9.59 Å². The summed E-state index contributed by atoms with van der Waals surface area (Å²) in [6.07, 6.45) is 0. The molecule has 1 unspecified atom stereocenters. The Labute approximate surface area is 218 Å². The number of nitrogens with zero attached hydrogens (tertiary/aromatic N) is 3. The maximum absolute atomic E-state index is 13.1. The first kappa shape index (κ1) is 23.7. The highest BCUT2D eigenvalue weighted by atomic mass is 16.5.